The third-order valence-corrected chi connectivity index (χ3v) is 4.49. The maximum atomic E-state index is 10.1. The molecule has 2 aromatic rings. The predicted octanol–water partition coefficient (Wildman–Crippen LogP) is 4.98. The highest BCUT2D eigenvalue weighted by Gasteiger charge is 2.08. The topological polar surface area (TPSA) is 29.5 Å². The molecule has 114 valence electrons. The first kappa shape index (κ1) is 16.1. The molecule has 1 unspecified atom stereocenters. The minimum absolute atomic E-state index is 0.352. The van der Waals surface area contributed by atoms with Gasteiger partial charge in [-0.1, -0.05) is 38.0 Å². The fourth-order valence-electron chi connectivity index (χ4n) is 2.22. The number of hydrogen-bond acceptors (Lipinski definition) is 3. The Bertz CT molecular complexity index is 490. The van der Waals surface area contributed by atoms with Crippen LogP contribution in [0.5, 0.6) is 5.75 Å². The van der Waals surface area contributed by atoms with Gasteiger partial charge in [0.15, 0.2) is 0 Å². The first-order valence-corrected chi connectivity index (χ1v) is 8.60. The molecule has 1 aromatic heterocycles. The molecule has 2 nitrogen and oxygen atoms in total. The molecule has 0 spiro atoms. The molecular formula is C18H24O2S. The Kier molecular flexibility index (Phi) is 6.77. The summed E-state index contributed by atoms with van der Waals surface area (Å²) in [5, 5.41) is 12.1. The SMILES string of the molecule is CCCCCOc1ccc(CCC(O)c2cccs2)cc1. The van der Waals surface area contributed by atoms with Gasteiger partial charge in [-0.3, -0.25) is 0 Å². The number of thiophene rings is 1. The highest BCUT2D eigenvalue weighted by molar-refractivity contribution is 7.10. The van der Waals surface area contributed by atoms with E-state index in [4.69, 9.17) is 4.74 Å². The van der Waals surface area contributed by atoms with Crippen molar-refractivity contribution < 1.29 is 9.84 Å². The standard InChI is InChI=1S/C18H24O2S/c1-2-3-4-13-20-16-10-7-15(8-11-16)9-12-17(19)18-6-5-14-21-18/h5-8,10-11,14,17,19H,2-4,9,12-13H2,1H3. The summed E-state index contributed by atoms with van der Waals surface area (Å²) < 4.78 is 5.70. The molecule has 0 radical (unpaired) electrons. The Labute approximate surface area is 131 Å². The number of hydrogen-bond donors (Lipinski definition) is 1. The minimum Gasteiger partial charge on any atom is -0.494 e. The van der Waals surface area contributed by atoms with Crippen LogP contribution in [0.2, 0.25) is 0 Å². The molecule has 0 bridgehead atoms. The van der Waals surface area contributed by atoms with Gasteiger partial charge in [-0.2, -0.15) is 0 Å². The molecule has 3 heteroatoms. The van der Waals surface area contributed by atoms with E-state index in [0.717, 1.165) is 36.5 Å². The maximum Gasteiger partial charge on any atom is 0.119 e. The van der Waals surface area contributed by atoms with Gasteiger partial charge in [-0.25, -0.2) is 0 Å². The molecule has 0 fully saturated rings. The highest BCUT2D eigenvalue weighted by atomic mass is 32.1. The summed E-state index contributed by atoms with van der Waals surface area (Å²) in [4.78, 5) is 1.05. The summed E-state index contributed by atoms with van der Waals surface area (Å²) in [6.07, 6.45) is 4.85. The van der Waals surface area contributed by atoms with Gasteiger partial charge in [0.2, 0.25) is 0 Å². The zero-order chi connectivity index (χ0) is 14.9. The molecule has 0 saturated carbocycles. The number of aryl methyl sites for hydroxylation is 1. The number of aliphatic hydroxyl groups excluding tert-OH is 1. The molecule has 0 amide bonds. The second-order valence-corrected chi connectivity index (χ2v) is 6.25. The zero-order valence-corrected chi connectivity index (χ0v) is 13.4. The average molecular weight is 304 g/mol. The zero-order valence-electron chi connectivity index (χ0n) is 12.6. The number of aliphatic hydroxyl groups is 1. The van der Waals surface area contributed by atoms with Crippen molar-refractivity contribution in [3.05, 3.63) is 52.2 Å². The molecule has 0 aliphatic heterocycles. The van der Waals surface area contributed by atoms with Crippen molar-refractivity contribution in [1.29, 1.82) is 0 Å². The van der Waals surface area contributed by atoms with E-state index in [2.05, 4.69) is 19.1 Å². The van der Waals surface area contributed by atoms with Gasteiger partial charge in [0.25, 0.3) is 0 Å². The average Bonchev–Trinajstić information content (AvgIpc) is 3.05. The molecule has 0 aliphatic rings. The summed E-state index contributed by atoms with van der Waals surface area (Å²) >= 11 is 1.61. The van der Waals surface area contributed by atoms with Crippen molar-refractivity contribution in [3.63, 3.8) is 0 Å². The first-order valence-electron chi connectivity index (χ1n) is 7.73. The van der Waals surface area contributed by atoms with Gasteiger partial charge in [0.1, 0.15) is 5.75 Å². The van der Waals surface area contributed by atoms with Crippen LogP contribution in [0.4, 0.5) is 0 Å². The van der Waals surface area contributed by atoms with E-state index < -0.39 is 0 Å². The van der Waals surface area contributed by atoms with Crippen LogP contribution in [-0.4, -0.2) is 11.7 Å². The summed E-state index contributed by atoms with van der Waals surface area (Å²) in [6.45, 7) is 2.99. The van der Waals surface area contributed by atoms with E-state index in [-0.39, 0.29) is 6.10 Å². The third-order valence-electron chi connectivity index (χ3n) is 3.52. The van der Waals surface area contributed by atoms with Crippen LogP contribution in [0.3, 0.4) is 0 Å². The van der Waals surface area contributed by atoms with Crippen molar-refractivity contribution >= 4 is 11.3 Å². The molecule has 0 saturated heterocycles. The second-order valence-electron chi connectivity index (χ2n) is 5.27. The quantitative estimate of drug-likeness (QED) is 0.662. The number of benzene rings is 1. The Hall–Kier alpha value is -1.32. The Morgan fingerprint density at radius 2 is 1.95 bits per heavy atom. The molecule has 0 aliphatic carbocycles. The van der Waals surface area contributed by atoms with Gasteiger partial charge in [-0.05, 0) is 48.4 Å². The van der Waals surface area contributed by atoms with Gasteiger partial charge in [0.05, 0.1) is 12.7 Å². The second kappa shape index (κ2) is 8.85. The minimum atomic E-state index is -0.352. The van der Waals surface area contributed by atoms with E-state index in [0.29, 0.717) is 0 Å². The molecule has 2 rings (SSSR count). The molecule has 1 N–H and O–H groups in total. The molecule has 1 heterocycles. The Balaban J connectivity index is 1.74. The Morgan fingerprint density at radius 3 is 2.62 bits per heavy atom. The smallest absolute Gasteiger partial charge is 0.119 e. The van der Waals surface area contributed by atoms with Gasteiger partial charge in [-0.15, -0.1) is 11.3 Å². The molecule has 1 atom stereocenters. The fourth-order valence-corrected chi connectivity index (χ4v) is 2.97. The van der Waals surface area contributed by atoms with Crippen molar-refractivity contribution in [2.75, 3.05) is 6.61 Å². The summed E-state index contributed by atoms with van der Waals surface area (Å²) in [5.41, 5.74) is 1.24. The summed E-state index contributed by atoms with van der Waals surface area (Å²) in [7, 11) is 0. The molecule has 1 aromatic carbocycles. The van der Waals surface area contributed by atoms with E-state index in [9.17, 15) is 5.11 Å². The van der Waals surface area contributed by atoms with E-state index in [1.165, 1.54) is 18.4 Å². The Morgan fingerprint density at radius 1 is 1.14 bits per heavy atom. The normalized spacial score (nSPS) is 12.3. The predicted molar refractivity (Wildman–Crippen MR) is 89.1 cm³/mol. The lowest BCUT2D eigenvalue weighted by Crippen LogP contribution is -1.99. The van der Waals surface area contributed by atoms with Crippen molar-refractivity contribution in [1.82, 2.24) is 0 Å². The number of ether oxygens (including phenoxy) is 1. The number of rotatable bonds is 9. The first-order chi connectivity index (χ1) is 10.3. The highest BCUT2D eigenvalue weighted by Crippen LogP contribution is 2.23. The largest absolute Gasteiger partial charge is 0.494 e. The van der Waals surface area contributed by atoms with Crippen molar-refractivity contribution in [2.24, 2.45) is 0 Å². The van der Waals surface area contributed by atoms with Crippen LogP contribution in [-0.2, 0) is 6.42 Å². The van der Waals surface area contributed by atoms with E-state index in [1.54, 1.807) is 11.3 Å². The van der Waals surface area contributed by atoms with Crippen LogP contribution < -0.4 is 4.74 Å². The van der Waals surface area contributed by atoms with E-state index >= 15 is 0 Å². The lowest BCUT2D eigenvalue weighted by Gasteiger charge is -2.09. The van der Waals surface area contributed by atoms with Gasteiger partial charge in [0, 0.05) is 4.88 Å². The molecule has 21 heavy (non-hydrogen) atoms. The van der Waals surface area contributed by atoms with Crippen LogP contribution in [0.15, 0.2) is 41.8 Å². The van der Waals surface area contributed by atoms with Gasteiger partial charge >= 0.3 is 0 Å². The van der Waals surface area contributed by atoms with Gasteiger partial charge < -0.3 is 9.84 Å². The maximum absolute atomic E-state index is 10.1. The fraction of sp³-hybridized carbons (Fsp3) is 0.444. The van der Waals surface area contributed by atoms with Crippen LogP contribution in [0.25, 0.3) is 0 Å². The lowest BCUT2D eigenvalue weighted by atomic mass is 10.1. The van der Waals surface area contributed by atoms with Crippen LogP contribution >= 0.6 is 11.3 Å². The third kappa shape index (κ3) is 5.52. The van der Waals surface area contributed by atoms with E-state index in [1.807, 2.05) is 29.6 Å². The lowest BCUT2D eigenvalue weighted by molar-refractivity contribution is 0.171. The number of unbranched alkanes of at least 4 members (excludes halogenated alkanes) is 2. The van der Waals surface area contributed by atoms with Crippen molar-refractivity contribution in [2.45, 2.75) is 45.1 Å². The monoisotopic (exact) mass is 304 g/mol. The van der Waals surface area contributed by atoms with Crippen LogP contribution in [0.1, 0.15) is 49.2 Å². The summed E-state index contributed by atoms with van der Waals surface area (Å²) in [5.74, 6) is 0.939. The van der Waals surface area contributed by atoms with Crippen LogP contribution in [0, 0.1) is 0 Å². The van der Waals surface area contributed by atoms with Crippen molar-refractivity contribution in [3.8, 4) is 5.75 Å². The summed E-state index contributed by atoms with van der Waals surface area (Å²) in [6, 6.07) is 12.2. The molecular weight excluding hydrogens is 280 g/mol.